The molecule has 0 spiro atoms. The molecule has 1 aromatic carbocycles. The van der Waals surface area contributed by atoms with Crippen LogP contribution in [0.1, 0.15) is 34.6 Å². The lowest BCUT2D eigenvalue weighted by Gasteiger charge is -2.31. The second-order valence-corrected chi connectivity index (χ2v) is 9.27. The van der Waals surface area contributed by atoms with Crippen LogP contribution in [0, 0.1) is 5.92 Å². The molecule has 0 bridgehead atoms. The van der Waals surface area contributed by atoms with Gasteiger partial charge in [-0.1, -0.05) is 54.3 Å². The number of hydrogen-bond acceptors (Lipinski definition) is 5. The van der Waals surface area contributed by atoms with Gasteiger partial charge in [-0.05, 0) is 38.8 Å². The van der Waals surface area contributed by atoms with Crippen LogP contribution < -0.4 is 10.2 Å². The van der Waals surface area contributed by atoms with E-state index in [1.165, 1.54) is 11.1 Å². The van der Waals surface area contributed by atoms with Gasteiger partial charge in [-0.2, -0.15) is 0 Å². The van der Waals surface area contributed by atoms with Crippen LogP contribution in [0.5, 0.6) is 0 Å². The lowest BCUT2D eigenvalue weighted by atomic mass is 10.0. The maximum absolute atomic E-state index is 12.8. The number of rotatable bonds is 7. The molecule has 0 saturated carbocycles. The van der Waals surface area contributed by atoms with Gasteiger partial charge < -0.3 is 19.5 Å². The fourth-order valence-electron chi connectivity index (χ4n) is 2.71. The Hall–Kier alpha value is -2.25. The topological polar surface area (TPSA) is 84.7 Å². The Bertz CT molecular complexity index is 848. The van der Waals surface area contributed by atoms with E-state index in [1.54, 1.807) is 45.0 Å². The predicted molar refractivity (Wildman–Crippen MR) is 118 cm³/mol. The third-order valence-corrected chi connectivity index (χ3v) is 4.59. The standard InChI is InChI=1S/C21H27Cl2N3O4/c1-13(2)16(25-20(28)29-21(3,4)5)12-26(19(27)18(22)23)15-8-6-7-14(11-15)17-9-10-24-30-17/h6-11,13,16,18H,12H2,1-5H3,(H,25,28). The Balaban J connectivity index is 2.31. The van der Waals surface area contributed by atoms with Gasteiger partial charge in [-0.15, -0.1) is 0 Å². The van der Waals surface area contributed by atoms with Gasteiger partial charge in [-0.3, -0.25) is 4.79 Å². The molecular weight excluding hydrogens is 429 g/mol. The second-order valence-electron chi connectivity index (χ2n) is 8.17. The van der Waals surface area contributed by atoms with Crippen LogP contribution in [0.4, 0.5) is 10.5 Å². The van der Waals surface area contributed by atoms with E-state index >= 15 is 0 Å². The number of hydrogen-bond donors (Lipinski definition) is 1. The van der Waals surface area contributed by atoms with Crippen LogP contribution in [0.2, 0.25) is 0 Å². The van der Waals surface area contributed by atoms with Crippen LogP contribution in [0.15, 0.2) is 41.1 Å². The average molecular weight is 456 g/mol. The molecular formula is C21H27Cl2N3O4. The van der Waals surface area contributed by atoms with Gasteiger partial charge in [0.2, 0.25) is 0 Å². The lowest BCUT2D eigenvalue weighted by Crippen LogP contribution is -2.50. The number of carbonyl (C=O) groups excluding carboxylic acids is 2. The molecule has 0 aliphatic rings. The average Bonchev–Trinajstić information content (AvgIpc) is 3.17. The molecule has 9 heteroatoms. The monoisotopic (exact) mass is 455 g/mol. The summed E-state index contributed by atoms with van der Waals surface area (Å²) in [4.78, 5) is 25.3. The first kappa shape index (κ1) is 24.0. The first-order valence-corrected chi connectivity index (χ1v) is 10.5. The summed E-state index contributed by atoms with van der Waals surface area (Å²) in [6, 6.07) is 8.49. The Morgan fingerprint density at radius 2 is 1.93 bits per heavy atom. The molecule has 2 rings (SSSR count). The third-order valence-electron chi connectivity index (χ3n) is 4.22. The minimum atomic E-state index is -1.26. The number of aromatic nitrogens is 1. The zero-order valence-electron chi connectivity index (χ0n) is 17.7. The molecule has 30 heavy (non-hydrogen) atoms. The summed E-state index contributed by atoms with van der Waals surface area (Å²) in [7, 11) is 0. The smallest absolute Gasteiger partial charge is 0.407 e. The largest absolute Gasteiger partial charge is 0.444 e. The summed E-state index contributed by atoms with van der Waals surface area (Å²) in [6.07, 6.45) is 0.982. The van der Waals surface area contributed by atoms with Crippen LogP contribution in [0.3, 0.4) is 0 Å². The number of benzene rings is 1. The van der Waals surface area contributed by atoms with E-state index in [9.17, 15) is 9.59 Å². The maximum atomic E-state index is 12.8. The van der Waals surface area contributed by atoms with Gasteiger partial charge in [0.1, 0.15) is 5.60 Å². The molecule has 164 valence electrons. The van der Waals surface area contributed by atoms with Gasteiger partial charge in [0.15, 0.2) is 10.6 Å². The summed E-state index contributed by atoms with van der Waals surface area (Å²) in [5.41, 5.74) is 0.672. The van der Waals surface area contributed by atoms with Gasteiger partial charge in [0.25, 0.3) is 5.91 Å². The molecule has 1 heterocycles. The molecule has 1 unspecified atom stereocenters. The molecule has 1 atom stereocenters. The van der Waals surface area contributed by atoms with Crippen molar-refractivity contribution in [3.63, 3.8) is 0 Å². The number of nitrogens with zero attached hydrogens (tertiary/aromatic N) is 2. The van der Waals surface area contributed by atoms with Gasteiger partial charge in [0, 0.05) is 23.9 Å². The maximum Gasteiger partial charge on any atom is 0.407 e. The third kappa shape index (κ3) is 6.92. The first-order valence-electron chi connectivity index (χ1n) is 9.58. The van der Waals surface area contributed by atoms with Crippen LogP contribution in [0.25, 0.3) is 11.3 Å². The van der Waals surface area contributed by atoms with E-state index in [0.717, 1.165) is 5.56 Å². The Labute approximate surface area is 186 Å². The van der Waals surface area contributed by atoms with E-state index in [4.69, 9.17) is 32.5 Å². The number of alkyl halides is 2. The van der Waals surface area contributed by atoms with Gasteiger partial charge >= 0.3 is 6.09 Å². The number of ether oxygens (including phenoxy) is 1. The molecule has 0 aliphatic heterocycles. The normalized spacial score (nSPS) is 12.7. The number of alkyl carbamates (subject to hydrolysis) is 1. The summed E-state index contributed by atoms with van der Waals surface area (Å²) in [6.45, 7) is 9.39. The van der Waals surface area contributed by atoms with Crippen molar-refractivity contribution in [2.24, 2.45) is 5.92 Å². The lowest BCUT2D eigenvalue weighted by molar-refractivity contribution is -0.117. The molecule has 0 fully saturated rings. The molecule has 2 amide bonds. The van der Waals surface area contributed by atoms with Crippen molar-refractivity contribution in [3.8, 4) is 11.3 Å². The number of nitrogens with one attached hydrogen (secondary N) is 1. The zero-order chi connectivity index (χ0) is 22.5. The van der Waals surface area contributed by atoms with E-state index < -0.39 is 28.5 Å². The Morgan fingerprint density at radius 1 is 1.23 bits per heavy atom. The predicted octanol–water partition coefficient (Wildman–Crippen LogP) is 5.03. The highest BCUT2D eigenvalue weighted by molar-refractivity contribution is 6.54. The summed E-state index contributed by atoms with van der Waals surface area (Å²) in [5, 5.41) is 6.55. The SMILES string of the molecule is CC(C)C(CN(C(=O)C(Cl)Cl)c1cccc(-c2ccno2)c1)NC(=O)OC(C)(C)C. The molecule has 1 aromatic heterocycles. The van der Waals surface area contributed by atoms with Crippen LogP contribution >= 0.6 is 23.2 Å². The highest BCUT2D eigenvalue weighted by atomic mass is 35.5. The minimum absolute atomic E-state index is 0.00868. The number of carbonyl (C=O) groups is 2. The van der Waals surface area contributed by atoms with Crippen LogP contribution in [-0.2, 0) is 9.53 Å². The molecule has 0 radical (unpaired) electrons. The fourth-order valence-corrected chi connectivity index (χ4v) is 2.95. The fraction of sp³-hybridized carbons (Fsp3) is 0.476. The van der Waals surface area contributed by atoms with Gasteiger partial charge in [0.05, 0.1) is 12.2 Å². The second kappa shape index (κ2) is 10.2. The van der Waals surface area contributed by atoms with Crippen molar-refractivity contribution in [2.45, 2.75) is 51.1 Å². The highest BCUT2D eigenvalue weighted by Crippen LogP contribution is 2.26. The van der Waals surface area contributed by atoms with Crippen molar-refractivity contribution < 1.29 is 18.8 Å². The Morgan fingerprint density at radius 3 is 2.47 bits per heavy atom. The van der Waals surface area contributed by atoms with Crippen molar-refractivity contribution in [3.05, 3.63) is 36.5 Å². The number of amides is 2. The van der Waals surface area contributed by atoms with Gasteiger partial charge in [-0.25, -0.2) is 4.79 Å². The van der Waals surface area contributed by atoms with E-state index in [2.05, 4.69) is 10.5 Å². The minimum Gasteiger partial charge on any atom is -0.444 e. The molecule has 2 aromatic rings. The summed E-state index contributed by atoms with van der Waals surface area (Å²) >= 11 is 11.8. The number of halogens is 2. The molecule has 1 N–H and O–H groups in total. The van der Waals surface area contributed by atoms with Crippen molar-refractivity contribution in [1.82, 2.24) is 10.5 Å². The van der Waals surface area contributed by atoms with E-state index in [-0.39, 0.29) is 12.5 Å². The molecule has 0 saturated heterocycles. The van der Waals surface area contributed by atoms with Crippen molar-refractivity contribution >= 4 is 40.9 Å². The van der Waals surface area contributed by atoms with E-state index in [0.29, 0.717) is 11.4 Å². The van der Waals surface area contributed by atoms with Crippen molar-refractivity contribution in [1.29, 1.82) is 0 Å². The van der Waals surface area contributed by atoms with E-state index in [1.807, 2.05) is 19.9 Å². The van der Waals surface area contributed by atoms with Crippen molar-refractivity contribution in [2.75, 3.05) is 11.4 Å². The number of anilines is 1. The van der Waals surface area contributed by atoms with Crippen LogP contribution in [-0.4, -0.2) is 40.2 Å². The Kier molecular flexibility index (Phi) is 8.15. The first-order chi connectivity index (χ1) is 14.0. The quantitative estimate of drug-likeness (QED) is 0.591. The molecule has 0 aliphatic carbocycles. The highest BCUT2D eigenvalue weighted by Gasteiger charge is 2.29. The zero-order valence-corrected chi connectivity index (χ0v) is 19.2. The summed E-state index contributed by atoms with van der Waals surface area (Å²) in [5.74, 6) is 0.0731. The molecule has 7 nitrogen and oxygen atoms in total. The summed E-state index contributed by atoms with van der Waals surface area (Å²) < 4.78 is 10.6.